The van der Waals surface area contributed by atoms with Gasteiger partial charge in [0.1, 0.15) is 6.04 Å². The number of hydrogen-bond donors (Lipinski definition) is 1. The van der Waals surface area contributed by atoms with Crippen molar-refractivity contribution in [2.24, 2.45) is 0 Å². The van der Waals surface area contributed by atoms with E-state index in [2.05, 4.69) is 21.2 Å². The van der Waals surface area contributed by atoms with Gasteiger partial charge in [0.2, 0.25) is 11.8 Å². The zero-order valence-electron chi connectivity index (χ0n) is 16.7. The first-order valence-corrected chi connectivity index (χ1v) is 11.0. The summed E-state index contributed by atoms with van der Waals surface area (Å²) in [5.74, 6) is -0.351. The highest BCUT2D eigenvalue weighted by Crippen LogP contribution is 2.23. The van der Waals surface area contributed by atoms with Crippen molar-refractivity contribution in [2.45, 2.75) is 52.2 Å². The van der Waals surface area contributed by atoms with Gasteiger partial charge in [-0.2, -0.15) is 0 Å². The average molecular weight is 500 g/mol. The Hall–Kier alpha value is -1.56. The molecule has 0 radical (unpaired) electrons. The van der Waals surface area contributed by atoms with Gasteiger partial charge in [-0.15, -0.1) is 0 Å². The lowest BCUT2D eigenvalue weighted by molar-refractivity contribution is -0.140. The molecule has 1 N–H and O–H groups in total. The van der Waals surface area contributed by atoms with Crippen LogP contribution in [-0.2, 0) is 22.6 Å². The van der Waals surface area contributed by atoms with Gasteiger partial charge in [0.05, 0.1) is 6.42 Å². The molecule has 0 fully saturated rings. The number of nitrogens with zero attached hydrogens (tertiary/aromatic N) is 1. The quantitative estimate of drug-likeness (QED) is 0.511. The number of carbonyl (C=O) groups excluding carboxylic acids is 2. The maximum absolute atomic E-state index is 13.2. The lowest BCUT2D eigenvalue weighted by Gasteiger charge is -2.30. The molecule has 0 saturated carbocycles. The lowest BCUT2D eigenvalue weighted by Crippen LogP contribution is -2.49. The third-order valence-corrected chi connectivity index (χ3v) is 5.91. The molecule has 0 saturated heterocycles. The Labute approximate surface area is 190 Å². The molecule has 0 aliphatic rings. The Morgan fingerprint density at radius 2 is 1.76 bits per heavy atom. The molecule has 7 heteroatoms. The van der Waals surface area contributed by atoms with E-state index in [1.807, 2.05) is 38.1 Å². The van der Waals surface area contributed by atoms with Gasteiger partial charge in [0.25, 0.3) is 0 Å². The van der Waals surface area contributed by atoms with Crippen molar-refractivity contribution in [3.8, 4) is 0 Å². The average Bonchev–Trinajstić information content (AvgIpc) is 2.68. The van der Waals surface area contributed by atoms with E-state index in [0.717, 1.165) is 16.5 Å². The van der Waals surface area contributed by atoms with Crippen LogP contribution in [0.5, 0.6) is 0 Å². The van der Waals surface area contributed by atoms with Crippen molar-refractivity contribution >= 4 is 50.9 Å². The van der Waals surface area contributed by atoms with Crippen molar-refractivity contribution in [3.63, 3.8) is 0 Å². The maximum Gasteiger partial charge on any atom is 0.242 e. The van der Waals surface area contributed by atoms with E-state index in [1.165, 1.54) is 0 Å². The molecule has 2 atom stereocenters. The Bertz CT molecular complexity index is 858. The van der Waals surface area contributed by atoms with Gasteiger partial charge in [-0.3, -0.25) is 9.59 Å². The van der Waals surface area contributed by atoms with E-state index in [9.17, 15) is 9.59 Å². The zero-order valence-corrected chi connectivity index (χ0v) is 19.8. The molecule has 156 valence electrons. The molecular weight excluding hydrogens is 475 g/mol. The highest BCUT2D eigenvalue weighted by molar-refractivity contribution is 9.10. The fourth-order valence-corrected chi connectivity index (χ4v) is 3.50. The Morgan fingerprint density at radius 3 is 2.34 bits per heavy atom. The summed E-state index contributed by atoms with van der Waals surface area (Å²) in [6.07, 6.45) is 0.910. The van der Waals surface area contributed by atoms with Crippen LogP contribution in [0, 0.1) is 0 Å². The van der Waals surface area contributed by atoms with Crippen molar-refractivity contribution in [1.29, 1.82) is 0 Å². The smallest absolute Gasteiger partial charge is 0.242 e. The molecule has 0 unspecified atom stereocenters. The van der Waals surface area contributed by atoms with Crippen molar-refractivity contribution < 1.29 is 9.59 Å². The van der Waals surface area contributed by atoms with Crippen LogP contribution < -0.4 is 5.32 Å². The fraction of sp³-hybridized carbons (Fsp3) is 0.364. The lowest BCUT2D eigenvalue weighted by atomic mass is 10.1. The molecule has 2 rings (SSSR count). The fourth-order valence-electron chi connectivity index (χ4n) is 2.76. The second kappa shape index (κ2) is 11.0. The summed E-state index contributed by atoms with van der Waals surface area (Å²) in [4.78, 5) is 27.5. The highest BCUT2D eigenvalue weighted by atomic mass is 79.9. The predicted octanol–water partition coefficient (Wildman–Crippen LogP) is 5.63. The SMILES string of the molecule is CC[C@H](C)NC(=O)[C@@H](C)N(Cc1ccc(Br)cc1)C(=O)Cc1ccc(Cl)cc1Cl. The molecule has 0 aromatic heterocycles. The van der Waals surface area contributed by atoms with Crippen molar-refractivity contribution in [2.75, 3.05) is 0 Å². The first-order valence-electron chi connectivity index (χ1n) is 9.49. The third kappa shape index (κ3) is 7.02. The molecule has 0 bridgehead atoms. The number of amides is 2. The van der Waals surface area contributed by atoms with Gasteiger partial charge >= 0.3 is 0 Å². The molecule has 2 aromatic rings. The second-order valence-corrected chi connectivity index (χ2v) is 8.81. The molecule has 0 spiro atoms. The normalized spacial score (nSPS) is 12.9. The number of carbonyl (C=O) groups is 2. The first kappa shape index (κ1) is 23.7. The zero-order chi connectivity index (χ0) is 21.6. The van der Waals surface area contributed by atoms with Crippen LogP contribution >= 0.6 is 39.1 Å². The molecule has 0 heterocycles. The molecular formula is C22H25BrCl2N2O2. The minimum atomic E-state index is -0.619. The first-order chi connectivity index (χ1) is 13.7. The van der Waals surface area contributed by atoms with Gasteiger partial charge in [-0.05, 0) is 55.7 Å². The Balaban J connectivity index is 2.25. The number of halogens is 3. The van der Waals surface area contributed by atoms with E-state index in [1.54, 1.807) is 30.0 Å². The van der Waals surface area contributed by atoms with Crippen molar-refractivity contribution in [3.05, 3.63) is 68.1 Å². The standard InChI is InChI=1S/C22H25BrCl2N2O2/c1-4-14(2)26-22(29)15(3)27(13-16-5-8-18(23)9-6-16)21(28)11-17-7-10-19(24)12-20(17)25/h5-10,12,14-15H,4,11,13H2,1-3H3,(H,26,29)/t14-,15+/m0/s1. The molecule has 0 aliphatic carbocycles. The number of benzene rings is 2. The van der Waals surface area contributed by atoms with Crippen LogP contribution in [0.4, 0.5) is 0 Å². The summed E-state index contributed by atoms with van der Waals surface area (Å²) in [5.41, 5.74) is 1.61. The topological polar surface area (TPSA) is 49.4 Å². The summed E-state index contributed by atoms with van der Waals surface area (Å²) >= 11 is 15.6. The van der Waals surface area contributed by atoms with Gasteiger partial charge in [-0.25, -0.2) is 0 Å². The molecule has 2 amide bonds. The predicted molar refractivity (Wildman–Crippen MR) is 122 cm³/mol. The van der Waals surface area contributed by atoms with Crippen LogP contribution in [-0.4, -0.2) is 28.8 Å². The van der Waals surface area contributed by atoms with Crippen LogP contribution in [0.2, 0.25) is 10.0 Å². The molecule has 2 aromatic carbocycles. The van der Waals surface area contributed by atoms with Crippen LogP contribution in [0.3, 0.4) is 0 Å². The number of nitrogens with one attached hydrogen (secondary N) is 1. The third-order valence-electron chi connectivity index (χ3n) is 4.79. The Kier molecular flexibility index (Phi) is 9.00. The minimum absolute atomic E-state index is 0.0419. The van der Waals surface area contributed by atoms with Gasteiger partial charge in [0.15, 0.2) is 0 Å². The summed E-state index contributed by atoms with van der Waals surface area (Å²) in [7, 11) is 0. The maximum atomic E-state index is 13.2. The second-order valence-electron chi connectivity index (χ2n) is 7.05. The summed E-state index contributed by atoms with van der Waals surface area (Å²) in [6, 6.07) is 12.2. The minimum Gasteiger partial charge on any atom is -0.352 e. The van der Waals surface area contributed by atoms with E-state index in [4.69, 9.17) is 23.2 Å². The monoisotopic (exact) mass is 498 g/mol. The highest BCUT2D eigenvalue weighted by Gasteiger charge is 2.27. The molecule has 0 aliphatic heterocycles. The van der Waals surface area contributed by atoms with E-state index < -0.39 is 6.04 Å². The number of hydrogen-bond acceptors (Lipinski definition) is 2. The van der Waals surface area contributed by atoms with E-state index in [0.29, 0.717) is 22.2 Å². The molecule has 29 heavy (non-hydrogen) atoms. The summed E-state index contributed by atoms with van der Waals surface area (Å²) < 4.78 is 0.953. The largest absolute Gasteiger partial charge is 0.352 e. The van der Waals surface area contributed by atoms with Crippen molar-refractivity contribution in [1.82, 2.24) is 10.2 Å². The number of rotatable bonds is 8. The van der Waals surface area contributed by atoms with Gasteiger partial charge in [0, 0.05) is 27.1 Å². The van der Waals surface area contributed by atoms with Crippen LogP contribution in [0.15, 0.2) is 46.9 Å². The summed E-state index contributed by atoms with van der Waals surface area (Å²) in [5, 5.41) is 3.91. The van der Waals surface area contributed by atoms with Crippen LogP contribution in [0.1, 0.15) is 38.3 Å². The van der Waals surface area contributed by atoms with Crippen LogP contribution in [0.25, 0.3) is 0 Å². The molecule has 4 nitrogen and oxygen atoms in total. The van der Waals surface area contributed by atoms with E-state index >= 15 is 0 Å². The van der Waals surface area contributed by atoms with Gasteiger partial charge in [-0.1, -0.05) is 64.3 Å². The Morgan fingerprint density at radius 1 is 1.10 bits per heavy atom. The summed E-state index contributed by atoms with van der Waals surface area (Å²) in [6.45, 7) is 6.02. The van der Waals surface area contributed by atoms with E-state index in [-0.39, 0.29) is 24.3 Å². The van der Waals surface area contributed by atoms with Gasteiger partial charge < -0.3 is 10.2 Å².